The first kappa shape index (κ1) is 16.8. The molecule has 0 amide bonds. The molecule has 0 aliphatic carbocycles. The number of thiophene rings is 1. The summed E-state index contributed by atoms with van der Waals surface area (Å²) in [6.45, 7) is 10.2. The lowest BCUT2D eigenvalue weighted by Crippen LogP contribution is -2.56. The van der Waals surface area contributed by atoms with Crippen LogP contribution in [0.4, 0.5) is 5.69 Å². The molecule has 1 aromatic heterocycles. The third-order valence-corrected chi connectivity index (χ3v) is 6.55. The zero-order valence-corrected chi connectivity index (χ0v) is 15.6. The molecule has 6 heteroatoms. The highest BCUT2D eigenvalue weighted by Crippen LogP contribution is 2.25. The molecule has 1 unspecified atom stereocenters. The molecular weight excluding hydrogens is 320 g/mol. The van der Waals surface area contributed by atoms with Gasteiger partial charge in [0.25, 0.3) is 0 Å². The van der Waals surface area contributed by atoms with E-state index < -0.39 is 0 Å². The molecule has 4 heterocycles. The summed E-state index contributed by atoms with van der Waals surface area (Å²) in [5.41, 5.74) is 1.36. The Balaban J connectivity index is 1.28. The Morgan fingerprint density at radius 1 is 1.00 bits per heavy atom. The average Bonchev–Trinajstić information content (AvgIpc) is 3.17. The minimum Gasteiger partial charge on any atom is -0.365 e. The van der Waals surface area contributed by atoms with Gasteiger partial charge in [0.15, 0.2) is 0 Å². The number of piperazine rings is 1. The zero-order chi connectivity index (χ0) is 16.4. The van der Waals surface area contributed by atoms with E-state index in [1.54, 1.807) is 11.3 Å². The minimum absolute atomic E-state index is 0.270. The van der Waals surface area contributed by atoms with Crippen molar-refractivity contribution in [1.82, 2.24) is 14.7 Å². The maximum atomic E-state index is 6.11. The highest BCUT2D eigenvalue weighted by Gasteiger charge is 2.32. The van der Waals surface area contributed by atoms with Gasteiger partial charge < -0.3 is 14.5 Å². The third kappa shape index (κ3) is 3.78. The number of rotatable bonds is 3. The summed E-state index contributed by atoms with van der Waals surface area (Å²) in [5.74, 6) is 0. The van der Waals surface area contributed by atoms with Crippen molar-refractivity contribution in [2.24, 2.45) is 0 Å². The van der Waals surface area contributed by atoms with E-state index in [-0.39, 0.29) is 6.23 Å². The second-order valence-corrected chi connectivity index (χ2v) is 8.14. The van der Waals surface area contributed by atoms with E-state index >= 15 is 0 Å². The topological polar surface area (TPSA) is 22.2 Å². The van der Waals surface area contributed by atoms with E-state index in [0.717, 1.165) is 25.7 Å². The van der Waals surface area contributed by atoms with Gasteiger partial charge >= 0.3 is 0 Å². The van der Waals surface area contributed by atoms with Gasteiger partial charge in [-0.3, -0.25) is 9.80 Å². The van der Waals surface area contributed by atoms with Crippen LogP contribution in [0.1, 0.15) is 12.8 Å². The number of ether oxygens (including phenoxy) is 1. The van der Waals surface area contributed by atoms with Gasteiger partial charge in [0.1, 0.15) is 6.23 Å². The fourth-order valence-corrected chi connectivity index (χ4v) is 4.91. The molecule has 0 saturated carbocycles. The maximum Gasteiger partial charge on any atom is 0.128 e. The number of hydrogen-bond acceptors (Lipinski definition) is 6. The standard InChI is InChI=1S/C18H30N4OS/c1-19-7-9-20(10-8-19)16-2-5-21(6-3-16)18-14-22(11-12-23-18)17-4-13-24-15-17/h4,13,15-16,18H,2-3,5-12,14H2,1H3. The Morgan fingerprint density at radius 2 is 1.79 bits per heavy atom. The van der Waals surface area contributed by atoms with Crippen molar-refractivity contribution in [2.45, 2.75) is 25.1 Å². The first-order valence-electron chi connectivity index (χ1n) is 9.35. The highest BCUT2D eigenvalue weighted by molar-refractivity contribution is 7.08. The van der Waals surface area contributed by atoms with Crippen LogP contribution in [0.25, 0.3) is 0 Å². The largest absolute Gasteiger partial charge is 0.365 e. The van der Waals surface area contributed by atoms with Crippen LogP contribution < -0.4 is 4.90 Å². The van der Waals surface area contributed by atoms with E-state index in [0.29, 0.717) is 0 Å². The van der Waals surface area contributed by atoms with Crippen molar-refractivity contribution in [3.05, 3.63) is 16.8 Å². The van der Waals surface area contributed by atoms with Crippen LogP contribution in [-0.4, -0.2) is 93.0 Å². The molecule has 3 saturated heterocycles. The molecule has 3 aliphatic heterocycles. The monoisotopic (exact) mass is 350 g/mol. The van der Waals surface area contributed by atoms with Gasteiger partial charge in [-0.1, -0.05) is 0 Å². The Labute approximate surface area is 149 Å². The van der Waals surface area contributed by atoms with Crippen molar-refractivity contribution < 1.29 is 4.74 Å². The van der Waals surface area contributed by atoms with Crippen LogP contribution >= 0.6 is 11.3 Å². The molecule has 0 spiro atoms. The molecule has 24 heavy (non-hydrogen) atoms. The fourth-order valence-electron chi connectivity index (χ4n) is 4.25. The van der Waals surface area contributed by atoms with Crippen molar-refractivity contribution in [3.63, 3.8) is 0 Å². The first-order chi connectivity index (χ1) is 11.8. The molecule has 4 rings (SSSR count). The molecule has 5 nitrogen and oxygen atoms in total. The van der Waals surface area contributed by atoms with Gasteiger partial charge in [0.2, 0.25) is 0 Å². The summed E-state index contributed by atoms with van der Waals surface area (Å²) >= 11 is 1.78. The second-order valence-electron chi connectivity index (χ2n) is 7.36. The highest BCUT2D eigenvalue weighted by atomic mass is 32.1. The summed E-state index contributed by atoms with van der Waals surface area (Å²) in [5, 5.41) is 4.42. The molecule has 134 valence electrons. The lowest BCUT2D eigenvalue weighted by Gasteiger charge is -2.45. The normalized spacial score (nSPS) is 29.2. The van der Waals surface area contributed by atoms with Gasteiger partial charge in [0, 0.05) is 62.9 Å². The van der Waals surface area contributed by atoms with Crippen molar-refractivity contribution in [3.8, 4) is 0 Å². The number of likely N-dealkylation sites (N-methyl/N-ethyl adjacent to an activating group) is 1. The molecule has 0 radical (unpaired) electrons. The van der Waals surface area contributed by atoms with Crippen LogP contribution in [-0.2, 0) is 4.74 Å². The molecule has 1 aromatic rings. The van der Waals surface area contributed by atoms with E-state index in [2.05, 4.69) is 43.5 Å². The minimum atomic E-state index is 0.270. The van der Waals surface area contributed by atoms with Crippen molar-refractivity contribution in [2.75, 3.05) is 70.9 Å². The number of piperidine rings is 1. The molecule has 0 bridgehead atoms. The quantitative estimate of drug-likeness (QED) is 0.824. The predicted molar refractivity (Wildman–Crippen MR) is 99.9 cm³/mol. The maximum absolute atomic E-state index is 6.11. The van der Waals surface area contributed by atoms with Gasteiger partial charge in [-0.25, -0.2) is 0 Å². The Bertz CT molecular complexity index is 495. The van der Waals surface area contributed by atoms with E-state index in [4.69, 9.17) is 4.74 Å². The lowest BCUT2D eigenvalue weighted by molar-refractivity contribution is -0.0824. The molecule has 0 N–H and O–H groups in total. The van der Waals surface area contributed by atoms with E-state index in [1.165, 1.54) is 57.8 Å². The lowest BCUT2D eigenvalue weighted by atomic mass is 10.0. The SMILES string of the molecule is CN1CCN(C2CCN(C3CN(c4ccsc4)CCO3)CC2)CC1. The molecule has 1 atom stereocenters. The smallest absolute Gasteiger partial charge is 0.128 e. The fraction of sp³-hybridized carbons (Fsp3) is 0.778. The number of nitrogens with zero attached hydrogens (tertiary/aromatic N) is 4. The van der Waals surface area contributed by atoms with Gasteiger partial charge in [-0.2, -0.15) is 11.3 Å². The van der Waals surface area contributed by atoms with Crippen molar-refractivity contribution in [1.29, 1.82) is 0 Å². The second kappa shape index (κ2) is 7.70. The Hall–Kier alpha value is -0.660. The molecule has 3 aliphatic rings. The van der Waals surface area contributed by atoms with Gasteiger partial charge in [0.05, 0.1) is 13.2 Å². The van der Waals surface area contributed by atoms with Gasteiger partial charge in [-0.05, 0) is 31.3 Å². The summed E-state index contributed by atoms with van der Waals surface area (Å²) in [6, 6.07) is 3.01. The van der Waals surface area contributed by atoms with Gasteiger partial charge in [-0.15, -0.1) is 0 Å². The molecule has 0 aromatic carbocycles. The third-order valence-electron chi connectivity index (χ3n) is 5.88. The van der Waals surface area contributed by atoms with E-state index in [1.807, 2.05) is 0 Å². The molecule has 3 fully saturated rings. The first-order valence-corrected chi connectivity index (χ1v) is 10.3. The zero-order valence-electron chi connectivity index (χ0n) is 14.8. The summed E-state index contributed by atoms with van der Waals surface area (Å²) in [4.78, 5) is 10.2. The number of morpholine rings is 1. The Kier molecular flexibility index (Phi) is 5.39. The molecular formula is C18H30N4OS. The van der Waals surface area contributed by atoms with Crippen LogP contribution in [0.2, 0.25) is 0 Å². The average molecular weight is 351 g/mol. The van der Waals surface area contributed by atoms with Crippen LogP contribution in [0, 0.1) is 0 Å². The van der Waals surface area contributed by atoms with E-state index in [9.17, 15) is 0 Å². The number of hydrogen-bond donors (Lipinski definition) is 0. The van der Waals surface area contributed by atoms with Crippen LogP contribution in [0.15, 0.2) is 16.8 Å². The summed E-state index contributed by atoms with van der Waals surface area (Å²) in [6.07, 6.45) is 2.86. The predicted octanol–water partition coefficient (Wildman–Crippen LogP) is 1.62. The van der Waals surface area contributed by atoms with Crippen LogP contribution in [0.3, 0.4) is 0 Å². The van der Waals surface area contributed by atoms with Crippen molar-refractivity contribution >= 4 is 17.0 Å². The Morgan fingerprint density at radius 3 is 2.50 bits per heavy atom. The number of anilines is 1. The number of likely N-dealkylation sites (tertiary alicyclic amines) is 1. The van der Waals surface area contributed by atoms with Crippen LogP contribution in [0.5, 0.6) is 0 Å². The summed E-state index contributed by atoms with van der Waals surface area (Å²) < 4.78 is 6.11. The summed E-state index contributed by atoms with van der Waals surface area (Å²) in [7, 11) is 2.24.